The Bertz CT molecular complexity index is 1360. The van der Waals surface area contributed by atoms with Crippen LogP contribution >= 0.6 is 0 Å². The molecule has 11 nitrogen and oxygen atoms in total. The van der Waals surface area contributed by atoms with E-state index in [-0.39, 0.29) is 30.7 Å². The average Bonchev–Trinajstić information content (AvgIpc) is 3.54. The number of nitrogens with one attached hydrogen (secondary N) is 1. The van der Waals surface area contributed by atoms with Gasteiger partial charge in [0.05, 0.1) is 26.3 Å². The fourth-order valence-electron chi connectivity index (χ4n) is 6.05. The third-order valence-corrected chi connectivity index (χ3v) is 8.52. The number of aromatic hydroxyl groups is 1. The van der Waals surface area contributed by atoms with Gasteiger partial charge in [-0.2, -0.15) is 0 Å². The summed E-state index contributed by atoms with van der Waals surface area (Å²) in [6, 6.07) is 3.49. The minimum atomic E-state index is -0.949. The molecule has 0 unspecified atom stereocenters. The molecule has 1 aromatic heterocycles. The van der Waals surface area contributed by atoms with Crippen LogP contribution in [0.25, 0.3) is 10.9 Å². The van der Waals surface area contributed by atoms with Gasteiger partial charge in [0.15, 0.2) is 0 Å². The summed E-state index contributed by atoms with van der Waals surface area (Å²) in [7, 11) is 2.81. The minimum absolute atomic E-state index is 0.0679. The zero-order chi connectivity index (χ0) is 30.2. The summed E-state index contributed by atoms with van der Waals surface area (Å²) in [5.74, 6) is 0.130. The maximum absolute atomic E-state index is 14.0. The molecule has 0 spiro atoms. The van der Waals surface area contributed by atoms with Gasteiger partial charge in [-0.1, -0.05) is 39.7 Å². The standard InChI is InChI=1S/C31H41N3O8/c1-31(2,3)26-28(36)34-16-18(15-21(34)29(37)40-5)41-27-20(25(35)19-12-9-13-22(39-4)24(19)32-27)11-8-6-7-10-17-14-23(17)42-30(38)33-26/h9,12-13,17-18,21,23,26H,6-8,10-11,14-16H2,1-5H3,(H,32,35)(H,33,38)/t17-,18-,21+,23-,26-/m1/s1. The monoisotopic (exact) mass is 583 g/mol. The molecule has 5 rings (SSSR count). The fourth-order valence-corrected chi connectivity index (χ4v) is 6.05. The number of rotatable bonds is 2. The van der Waals surface area contributed by atoms with E-state index in [9.17, 15) is 19.5 Å². The van der Waals surface area contributed by atoms with Crippen molar-refractivity contribution in [2.45, 2.75) is 90.0 Å². The summed E-state index contributed by atoms with van der Waals surface area (Å²) < 4.78 is 22.6. The second kappa shape index (κ2) is 11.9. The lowest BCUT2D eigenvalue weighted by molar-refractivity contribution is -0.152. The normalized spacial score (nSPS) is 27.0. The number of pyridine rings is 1. The Labute approximate surface area is 245 Å². The van der Waals surface area contributed by atoms with Gasteiger partial charge in [0.25, 0.3) is 0 Å². The average molecular weight is 584 g/mol. The van der Waals surface area contributed by atoms with Crippen molar-refractivity contribution in [2.75, 3.05) is 20.8 Å². The van der Waals surface area contributed by atoms with E-state index < -0.39 is 41.6 Å². The number of amides is 2. The molecule has 1 aliphatic carbocycles. The van der Waals surface area contributed by atoms with E-state index in [0.29, 0.717) is 34.6 Å². The maximum Gasteiger partial charge on any atom is 0.408 e. The Morgan fingerprint density at radius 3 is 2.62 bits per heavy atom. The van der Waals surface area contributed by atoms with E-state index in [4.69, 9.17) is 23.9 Å². The first-order valence-corrected chi connectivity index (χ1v) is 14.7. The summed E-state index contributed by atoms with van der Waals surface area (Å²) in [5.41, 5.74) is 0.377. The van der Waals surface area contributed by atoms with Gasteiger partial charge in [-0.15, -0.1) is 0 Å². The largest absolute Gasteiger partial charge is 0.507 e. The van der Waals surface area contributed by atoms with Gasteiger partial charge in [0, 0.05) is 11.8 Å². The molecule has 3 heterocycles. The molecule has 11 heteroatoms. The second-order valence-corrected chi connectivity index (χ2v) is 12.6. The first kappa shape index (κ1) is 29.7. The lowest BCUT2D eigenvalue weighted by Crippen LogP contribution is -2.57. The topological polar surface area (TPSA) is 137 Å². The molecule has 2 fully saturated rings. The molecule has 42 heavy (non-hydrogen) atoms. The molecule has 0 radical (unpaired) electrons. The number of hydrogen-bond donors (Lipinski definition) is 2. The van der Waals surface area contributed by atoms with Gasteiger partial charge in [-0.3, -0.25) is 4.79 Å². The molecule has 1 saturated carbocycles. The second-order valence-electron chi connectivity index (χ2n) is 12.6. The Balaban J connectivity index is 1.53. The van der Waals surface area contributed by atoms with Crippen LogP contribution in [0, 0.1) is 11.3 Å². The molecule has 2 N–H and O–H groups in total. The first-order valence-electron chi connectivity index (χ1n) is 14.7. The number of fused-ring (bicyclic) bond motifs is 5. The van der Waals surface area contributed by atoms with Crippen molar-refractivity contribution in [3.8, 4) is 17.4 Å². The van der Waals surface area contributed by atoms with Crippen LogP contribution in [0.4, 0.5) is 4.79 Å². The summed E-state index contributed by atoms with van der Waals surface area (Å²) in [4.78, 5) is 45.9. The van der Waals surface area contributed by atoms with Crippen molar-refractivity contribution in [1.82, 2.24) is 15.2 Å². The summed E-state index contributed by atoms with van der Waals surface area (Å²) in [6.07, 6.45) is 3.70. The number of hydrogen-bond acceptors (Lipinski definition) is 9. The van der Waals surface area contributed by atoms with Gasteiger partial charge in [0.1, 0.15) is 41.3 Å². The molecule has 3 aliphatic rings. The van der Waals surface area contributed by atoms with Crippen LogP contribution in [0.3, 0.4) is 0 Å². The number of esters is 1. The summed E-state index contributed by atoms with van der Waals surface area (Å²) >= 11 is 0. The number of para-hydroxylation sites is 1. The molecule has 228 valence electrons. The van der Waals surface area contributed by atoms with Crippen molar-refractivity contribution in [3.63, 3.8) is 0 Å². The number of methoxy groups -OCH3 is 2. The minimum Gasteiger partial charge on any atom is -0.507 e. The van der Waals surface area contributed by atoms with Gasteiger partial charge in [0.2, 0.25) is 11.8 Å². The third-order valence-electron chi connectivity index (χ3n) is 8.52. The SMILES string of the molecule is COC(=O)[C@@H]1C[C@@H]2CN1C(=O)[C@H](C(C)(C)C)NC(=O)O[C@@H]1C[C@H]1CCCCCc1c(nc3c(OC)cccc3c1O)O2. The third kappa shape index (κ3) is 6.05. The van der Waals surface area contributed by atoms with Gasteiger partial charge in [-0.25, -0.2) is 14.6 Å². The van der Waals surface area contributed by atoms with Crippen LogP contribution in [0.2, 0.25) is 0 Å². The zero-order valence-corrected chi connectivity index (χ0v) is 25.0. The number of nitrogens with zero attached hydrogens (tertiary/aromatic N) is 2. The summed E-state index contributed by atoms with van der Waals surface area (Å²) in [6.45, 7) is 5.61. The van der Waals surface area contributed by atoms with E-state index in [1.807, 2.05) is 20.8 Å². The molecular weight excluding hydrogens is 542 g/mol. The Kier molecular flexibility index (Phi) is 8.39. The molecule has 2 aliphatic heterocycles. The highest BCUT2D eigenvalue weighted by Gasteiger charge is 2.47. The van der Waals surface area contributed by atoms with Crippen LogP contribution < -0.4 is 14.8 Å². The van der Waals surface area contributed by atoms with Crippen LogP contribution in [0.1, 0.15) is 64.9 Å². The van der Waals surface area contributed by atoms with Crippen molar-refractivity contribution in [3.05, 3.63) is 23.8 Å². The predicted molar refractivity (Wildman–Crippen MR) is 153 cm³/mol. The highest BCUT2D eigenvalue weighted by Crippen LogP contribution is 2.41. The number of alkyl carbamates (subject to hydrolysis) is 1. The molecule has 1 saturated heterocycles. The van der Waals surface area contributed by atoms with E-state index >= 15 is 0 Å². The first-order chi connectivity index (χ1) is 20.0. The van der Waals surface area contributed by atoms with Gasteiger partial charge in [-0.05, 0) is 49.1 Å². The van der Waals surface area contributed by atoms with E-state index in [2.05, 4.69) is 5.32 Å². The number of benzene rings is 1. The summed E-state index contributed by atoms with van der Waals surface area (Å²) in [5, 5.41) is 14.7. The lowest BCUT2D eigenvalue weighted by Gasteiger charge is -2.34. The molecular formula is C31H41N3O8. The van der Waals surface area contributed by atoms with Crippen molar-refractivity contribution < 1.29 is 38.4 Å². The Hall–Kier alpha value is -3.76. The molecule has 5 atom stereocenters. The Morgan fingerprint density at radius 2 is 1.90 bits per heavy atom. The number of carbonyl (C=O) groups excluding carboxylic acids is 3. The van der Waals surface area contributed by atoms with Crippen LogP contribution in [0.5, 0.6) is 17.4 Å². The number of ether oxygens (including phenoxy) is 4. The predicted octanol–water partition coefficient (Wildman–Crippen LogP) is 4.12. The molecule has 2 bridgehead atoms. The van der Waals surface area contributed by atoms with Crippen molar-refractivity contribution in [1.29, 1.82) is 0 Å². The van der Waals surface area contributed by atoms with Crippen molar-refractivity contribution in [2.24, 2.45) is 11.3 Å². The van der Waals surface area contributed by atoms with Gasteiger partial charge < -0.3 is 34.3 Å². The fraction of sp³-hybridized carbons (Fsp3) is 0.613. The zero-order valence-electron chi connectivity index (χ0n) is 25.0. The van der Waals surface area contributed by atoms with Crippen molar-refractivity contribution >= 4 is 28.9 Å². The quantitative estimate of drug-likeness (QED) is 0.501. The van der Waals surface area contributed by atoms with Crippen LogP contribution in [-0.2, 0) is 25.5 Å². The van der Waals surface area contributed by atoms with E-state index in [1.54, 1.807) is 18.2 Å². The lowest BCUT2D eigenvalue weighted by atomic mass is 9.85. The van der Waals surface area contributed by atoms with Crippen LogP contribution in [0.15, 0.2) is 18.2 Å². The molecule has 2 aromatic rings. The van der Waals surface area contributed by atoms with Crippen LogP contribution in [-0.4, -0.2) is 78.0 Å². The van der Waals surface area contributed by atoms with Gasteiger partial charge >= 0.3 is 12.1 Å². The Morgan fingerprint density at radius 1 is 1.12 bits per heavy atom. The molecule has 1 aromatic carbocycles. The maximum atomic E-state index is 14.0. The smallest absolute Gasteiger partial charge is 0.408 e. The highest BCUT2D eigenvalue weighted by molar-refractivity contribution is 5.92. The van der Waals surface area contributed by atoms with E-state index in [1.165, 1.54) is 19.1 Å². The van der Waals surface area contributed by atoms with E-state index in [0.717, 1.165) is 32.1 Å². The highest BCUT2D eigenvalue weighted by atomic mass is 16.6. The number of carbonyl (C=O) groups is 3. The molecule has 2 amide bonds. The number of aromatic nitrogens is 1.